The van der Waals surface area contributed by atoms with Crippen LogP contribution in [0.25, 0.3) is 10.9 Å². The molecule has 1 saturated carbocycles. The zero-order valence-electron chi connectivity index (χ0n) is 9.11. The number of fused-ring (bicyclic) bond motifs is 1. The quantitative estimate of drug-likeness (QED) is 0.717. The van der Waals surface area contributed by atoms with Crippen molar-refractivity contribution in [2.45, 2.75) is 31.3 Å². The molecule has 84 valence electrons. The summed E-state index contributed by atoms with van der Waals surface area (Å²) in [7, 11) is 0. The van der Waals surface area contributed by atoms with Crippen molar-refractivity contribution in [3.63, 3.8) is 0 Å². The highest BCUT2D eigenvalue weighted by Gasteiger charge is 2.21. The van der Waals surface area contributed by atoms with Crippen LogP contribution in [0, 0.1) is 0 Å². The molecule has 2 atom stereocenters. The number of aromatic amines is 1. The van der Waals surface area contributed by atoms with Gasteiger partial charge in [-0.25, -0.2) is 0 Å². The topological polar surface area (TPSA) is 66.7 Å². The fourth-order valence-electron chi connectivity index (χ4n) is 2.42. The molecule has 0 bridgehead atoms. The maximum atomic E-state index is 5.90. The highest BCUT2D eigenvalue weighted by Crippen LogP contribution is 2.23. The number of benzene rings is 1. The fraction of sp³-hybridized carbons (Fsp3) is 0.417. The van der Waals surface area contributed by atoms with Gasteiger partial charge >= 0.3 is 0 Å². The first-order chi connectivity index (χ1) is 7.81. The summed E-state index contributed by atoms with van der Waals surface area (Å²) in [5, 5.41) is 11.6. The third-order valence-electron chi connectivity index (χ3n) is 3.28. The van der Waals surface area contributed by atoms with Crippen LogP contribution >= 0.6 is 0 Å². The van der Waals surface area contributed by atoms with Gasteiger partial charge in [-0.05, 0) is 37.5 Å². The minimum atomic E-state index is 0.371. The summed E-state index contributed by atoms with van der Waals surface area (Å²) in [6, 6.07) is 7.17. The molecular formula is C12H16N4. The van der Waals surface area contributed by atoms with Crippen molar-refractivity contribution in [3.05, 3.63) is 24.4 Å². The Labute approximate surface area is 94.2 Å². The van der Waals surface area contributed by atoms with Crippen LogP contribution in [0.1, 0.15) is 19.3 Å². The molecule has 4 N–H and O–H groups in total. The maximum Gasteiger partial charge on any atom is 0.0651 e. The van der Waals surface area contributed by atoms with Gasteiger partial charge in [0.05, 0.1) is 11.7 Å². The van der Waals surface area contributed by atoms with Crippen LogP contribution in [0.2, 0.25) is 0 Å². The van der Waals surface area contributed by atoms with Crippen molar-refractivity contribution in [2.24, 2.45) is 5.73 Å². The van der Waals surface area contributed by atoms with Crippen molar-refractivity contribution in [1.82, 2.24) is 10.2 Å². The van der Waals surface area contributed by atoms with E-state index in [1.807, 2.05) is 6.20 Å². The van der Waals surface area contributed by atoms with Crippen molar-refractivity contribution >= 4 is 16.6 Å². The fourth-order valence-corrected chi connectivity index (χ4v) is 2.42. The van der Waals surface area contributed by atoms with Crippen LogP contribution in [-0.2, 0) is 0 Å². The molecular weight excluding hydrogens is 200 g/mol. The van der Waals surface area contributed by atoms with E-state index in [0.29, 0.717) is 12.1 Å². The first-order valence-corrected chi connectivity index (χ1v) is 5.76. The van der Waals surface area contributed by atoms with Crippen molar-refractivity contribution < 1.29 is 0 Å². The van der Waals surface area contributed by atoms with Gasteiger partial charge in [-0.15, -0.1) is 0 Å². The van der Waals surface area contributed by atoms with E-state index in [-0.39, 0.29) is 0 Å². The van der Waals surface area contributed by atoms with Crippen LogP contribution < -0.4 is 11.1 Å². The van der Waals surface area contributed by atoms with E-state index in [1.54, 1.807) is 0 Å². The molecule has 1 heterocycles. The molecule has 1 fully saturated rings. The molecule has 1 aliphatic carbocycles. The van der Waals surface area contributed by atoms with E-state index in [1.165, 1.54) is 6.42 Å². The highest BCUT2D eigenvalue weighted by molar-refractivity contribution is 5.81. The molecule has 2 unspecified atom stereocenters. The second kappa shape index (κ2) is 3.79. The summed E-state index contributed by atoms with van der Waals surface area (Å²) in [6.07, 6.45) is 5.22. The van der Waals surface area contributed by atoms with Gasteiger partial charge in [-0.2, -0.15) is 5.10 Å². The van der Waals surface area contributed by atoms with Crippen molar-refractivity contribution in [3.8, 4) is 0 Å². The van der Waals surface area contributed by atoms with E-state index in [2.05, 4.69) is 33.7 Å². The summed E-state index contributed by atoms with van der Waals surface area (Å²) < 4.78 is 0. The van der Waals surface area contributed by atoms with Gasteiger partial charge in [0.15, 0.2) is 0 Å². The van der Waals surface area contributed by atoms with E-state index in [9.17, 15) is 0 Å². The smallest absolute Gasteiger partial charge is 0.0651 e. The predicted molar refractivity (Wildman–Crippen MR) is 65.3 cm³/mol. The van der Waals surface area contributed by atoms with E-state index < -0.39 is 0 Å². The van der Waals surface area contributed by atoms with Crippen LogP contribution in [0.15, 0.2) is 24.4 Å². The van der Waals surface area contributed by atoms with Gasteiger partial charge in [-0.1, -0.05) is 0 Å². The Morgan fingerprint density at radius 2 is 2.31 bits per heavy atom. The van der Waals surface area contributed by atoms with Crippen LogP contribution in [0.4, 0.5) is 5.69 Å². The Hall–Kier alpha value is -1.55. The summed E-state index contributed by atoms with van der Waals surface area (Å²) in [4.78, 5) is 0. The van der Waals surface area contributed by atoms with E-state index >= 15 is 0 Å². The molecule has 1 aromatic heterocycles. The summed E-state index contributed by atoms with van der Waals surface area (Å²) >= 11 is 0. The minimum Gasteiger partial charge on any atom is -0.382 e. The number of nitrogens with one attached hydrogen (secondary N) is 2. The molecule has 2 aromatic rings. The first kappa shape index (κ1) is 9.66. The lowest BCUT2D eigenvalue weighted by Gasteiger charge is -2.13. The first-order valence-electron chi connectivity index (χ1n) is 5.76. The molecule has 0 saturated heterocycles. The largest absolute Gasteiger partial charge is 0.382 e. The second-order valence-electron chi connectivity index (χ2n) is 4.59. The third-order valence-corrected chi connectivity index (χ3v) is 3.28. The normalized spacial score (nSPS) is 25.1. The number of nitrogens with two attached hydrogens (primary N) is 1. The summed E-state index contributed by atoms with van der Waals surface area (Å²) in [6.45, 7) is 0. The lowest BCUT2D eigenvalue weighted by molar-refractivity contribution is 0.688. The summed E-state index contributed by atoms with van der Waals surface area (Å²) in [5.74, 6) is 0. The molecule has 3 rings (SSSR count). The highest BCUT2D eigenvalue weighted by atomic mass is 15.1. The zero-order valence-corrected chi connectivity index (χ0v) is 9.11. The number of nitrogens with zero attached hydrogens (tertiary/aromatic N) is 1. The van der Waals surface area contributed by atoms with Gasteiger partial charge in [-0.3, -0.25) is 5.10 Å². The minimum absolute atomic E-state index is 0.371. The Bertz CT molecular complexity index is 490. The number of H-pyrrole nitrogens is 1. The van der Waals surface area contributed by atoms with Gasteiger partial charge in [0, 0.05) is 23.2 Å². The molecule has 4 nitrogen and oxygen atoms in total. The zero-order chi connectivity index (χ0) is 11.0. The van der Waals surface area contributed by atoms with Crippen LogP contribution in [0.3, 0.4) is 0 Å². The molecule has 1 aromatic carbocycles. The molecule has 0 amide bonds. The van der Waals surface area contributed by atoms with E-state index in [0.717, 1.165) is 29.4 Å². The SMILES string of the molecule is NC1CCC(Nc2ccc3[nH]ncc3c2)C1. The molecule has 1 aliphatic rings. The van der Waals surface area contributed by atoms with Gasteiger partial charge in [0.2, 0.25) is 0 Å². The molecule has 16 heavy (non-hydrogen) atoms. The number of aromatic nitrogens is 2. The Kier molecular flexibility index (Phi) is 2.29. The van der Waals surface area contributed by atoms with Gasteiger partial charge in [0.25, 0.3) is 0 Å². The lowest BCUT2D eigenvalue weighted by Crippen LogP contribution is -2.20. The average molecular weight is 216 g/mol. The van der Waals surface area contributed by atoms with Crippen molar-refractivity contribution in [1.29, 1.82) is 0 Å². The van der Waals surface area contributed by atoms with Crippen LogP contribution in [-0.4, -0.2) is 22.3 Å². The number of rotatable bonds is 2. The number of anilines is 1. The lowest BCUT2D eigenvalue weighted by atomic mass is 10.2. The molecule has 4 heteroatoms. The standard InChI is InChI=1S/C12H16N4/c13-9-1-2-11(6-9)15-10-3-4-12-8(5-10)7-14-16-12/h3-5,7,9,11,15H,1-2,6,13H2,(H,14,16). The van der Waals surface area contributed by atoms with Gasteiger partial charge in [0.1, 0.15) is 0 Å². The molecule has 0 aliphatic heterocycles. The van der Waals surface area contributed by atoms with Crippen LogP contribution in [0.5, 0.6) is 0 Å². The summed E-state index contributed by atoms with van der Waals surface area (Å²) in [5.41, 5.74) is 8.14. The third kappa shape index (κ3) is 1.76. The Morgan fingerprint density at radius 1 is 1.38 bits per heavy atom. The molecule has 0 spiro atoms. The molecule has 0 radical (unpaired) electrons. The predicted octanol–water partition coefficient (Wildman–Crippen LogP) is 1.85. The number of hydrogen-bond acceptors (Lipinski definition) is 3. The van der Waals surface area contributed by atoms with Gasteiger partial charge < -0.3 is 11.1 Å². The second-order valence-corrected chi connectivity index (χ2v) is 4.59. The number of hydrogen-bond donors (Lipinski definition) is 3. The Morgan fingerprint density at radius 3 is 3.12 bits per heavy atom. The Balaban J connectivity index is 1.78. The average Bonchev–Trinajstić information content (AvgIpc) is 2.87. The maximum absolute atomic E-state index is 5.90. The monoisotopic (exact) mass is 216 g/mol. The van der Waals surface area contributed by atoms with Crippen molar-refractivity contribution in [2.75, 3.05) is 5.32 Å². The van der Waals surface area contributed by atoms with E-state index in [4.69, 9.17) is 5.73 Å².